The molecule has 1 amide bonds. The third kappa shape index (κ3) is 4.36. The summed E-state index contributed by atoms with van der Waals surface area (Å²) in [5, 5.41) is 9.11. The number of imidazole rings is 1. The highest BCUT2D eigenvalue weighted by Crippen LogP contribution is 2.43. The number of fused-ring (bicyclic) bond motifs is 1. The quantitative estimate of drug-likeness (QED) is 0.411. The molecule has 0 bridgehead atoms. The number of hydrogen-bond donors (Lipinski definition) is 0. The molecule has 0 radical (unpaired) electrons. The van der Waals surface area contributed by atoms with E-state index in [4.69, 9.17) is 9.47 Å². The molecule has 2 unspecified atom stereocenters. The smallest absolute Gasteiger partial charge is 0.410 e. The number of ether oxygens (including phenoxy) is 2. The fourth-order valence-corrected chi connectivity index (χ4v) is 5.58. The van der Waals surface area contributed by atoms with Crippen LogP contribution in [0.5, 0.6) is 5.88 Å². The summed E-state index contributed by atoms with van der Waals surface area (Å²) in [5.41, 5.74) is 3.09. The molecule has 1 saturated heterocycles. The fraction of sp³-hybridized carbons (Fsp3) is 0.583. The first-order valence-electron chi connectivity index (χ1n) is 11.8. The first kappa shape index (κ1) is 23.4. The molecular formula is C24H31IN6O3. The Balaban J connectivity index is 1.41. The highest BCUT2D eigenvalue weighted by molar-refractivity contribution is 14.1. The van der Waals surface area contributed by atoms with Crippen molar-refractivity contribution in [3.63, 3.8) is 0 Å². The lowest BCUT2D eigenvalue weighted by Gasteiger charge is -2.40. The molecule has 3 aromatic heterocycles. The molecule has 2 atom stereocenters. The molecule has 9 nitrogen and oxygen atoms in total. The van der Waals surface area contributed by atoms with E-state index < -0.39 is 5.60 Å². The van der Waals surface area contributed by atoms with Crippen LogP contribution in [0, 0.1) is 16.5 Å². The predicted molar refractivity (Wildman–Crippen MR) is 136 cm³/mol. The highest BCUT2D eigenvalue weighted by Gasteiger charge is 2.43. The molecule has 182 valence electrons. The second-order valence-corrected chi connectivity index (χ2v) is 11.4. The van der Waals surface area contributed by atoms with Crippen LogP contribution in [0.15, 0.2) is 18.3 Å². The Bertz CT molecular complexity index is 1230. The summed E-state index contributed by atoms with van der Waals surface area (Å²) >= 11 is 2.25. The fourth-order valence-electron chi connectivity index (χ4n) is 4.96. The number of methoxy groups -OCH3 is 1. The van der Waals surface area contributed by atoms with Crippen molar-refractivity contribution in [2.24, 2.45) is 5.92 Å². The number of aromatic nitrogens is 5. The van der Waals surface area contributed by atoms with Gasteiger partial charge in [0.2, 0.25) is 5.88 Å². The van der Waals surface area contributed by atoms with E-state index in [1.54, 1.807) is 7.11 Å². The van der Waals surface area contributed by atoms with Gasteiger partial charge in [-0.25, -0.2) is 14.5 Å². The van der Waals surface area contributed by atoms with Crippen molar-refractivity contribution in [3.05, 3.63) is 27.7 Å². The van der Waals surface area contributed by atoms with Gasteiger partial charge in [0.25, 0.3) is 0 Å². The summed E-state index contributed by atoms with van der Waals surface area (Å²) in [4.78, 5) is 19.3. The SMILES string of the molecule is COc1cc(-c2nnn(C3CCN(C(=O)OC(C)(C)C)C(C4CC4)C3)c2C)cc2ncc(I)n12. The van der Waals surface area contributed by atoms with Crippen molar-refractivity contribution in [3.8, 4) is 17.1 Å². The number of rotatable bonds is 4. The van der Waals surface area contributed by atoms with Gasteiger partial charge in [-0.3, -0.25) is 4.40 Å². The van der Waals surface area contributed by atoms with Crippen molar-refractivity contribution in [2.75, 3.05) is 13.7 Å². The Morgan fingerprint density at radius 3 is 2.65 bits per heavy atom. The molecule has 0 aromatic carbocycles. The molecule has 2 fully saturated rings. The van der Waals surface area contributed by atoms with Crippen molar-refractivity contribution >= 4 is 34.3 Å². The first-order chi connectivity index (χ1) is 16.2. The van der Waals surface area contributed by atoms with Crippen LogP contribution >= 0.6 is 22.6 Å². The third-order valence-electron chi connectivity index (χ3n) is 6.70. The van der Waals surface area contributed by atoms with Crippen molar-refractivity contribution in [1.82, 2.24) is 29.3 Å². The van der Waals surface area contributed by atoms with Gasteiger partial charge in [-0.05, 0) is 88.0 Å². The number of halogens is 1. The maximum absolute atomic E-state index is 12.9. The lowest BCUT2D eigenvalue weighted by Crippen LogP contribution is -2.49. The van der Waals surface area contributed by atoms with E-state index >= 15 is 0 Å². The predicted octanol–water partition coefficient (Wildman–Crippen LogP) is 4.87. The van der Waals surface area contributed by atoms with Gasteiger partial charge in [-0.1, -0.05) is 5.21 Å². The summed E-state index contributed by atoms with van der Waals surface area (Å²) in [7, 11) is 1.66. The lowest BCUT2D eigenvalue weighted by atomic mass is 9.94. The summed E-state index contributed by atoms with van der Waals surface area (Å²) in [6.45, 7) is 8.48. The number of pyridine rings is 1. The van der Waals surface area contributed by atoms with Crippen LogP contribution in [0.2, 0.25) is 0 Å². The minimum atomic E-state index is -0.492. The van der Waals surface area contributed by atoms with E-state index in [2.05, 4.69) is 44.8 Å². The second kappa shape index (κ2) is 8.69. The number of piperidine rings is 1. The van der Waals surface area contributed by atoms with Gasteiger partial charge in [0.1, 0.15) is 20.6 Å². The number of likely N-dealkylation sites (tertiary alicyclic amines) is 1. The molecule has 1 saturated carbocycles. The van der Waals surface area contributed by atoms with E-state index in [1.165, 1.54) is 12.8 Å². The maximum Gasteiger partial charge on any atom is 0.410 e. The molecule has 1 aliphatic carbocycles. The Labute approximate surface area is 212 Å². The lowest BCUT2D eigenvalue weighted by molar-refractivity contribution is 0.00131. The van der Waals surface area contributed by atoms with Gasteiger partial charge in [0, 0.05) is 24.2 Å². The Morgan fingerprint density at radius 1 is 1.21 bits per heavy atom. The minimum absolute atomic E-state index is 0.184. The molecule has 34 heavy (non-hydrogen) atoms. The number of nitrogens with zero attached hydrogens (tertiary/aromatic N) is 6. The first-order valence-corrected chi connectivity index (χ1v) is 12.9. The summed E-state index contributed by atoms with van der Waals surface area (Å²) in [6, 6.07) is 4.38. The average Bonchev–Trinajstić information content (AvgIpc) is 3.47. The average molecular weight is 578 g/mol. The number of carbonyl (C=O) groups is 1. The molecule has 3 aromatic rings. The van der Waals surface area contributed by atoms with Crippen LogP contribution in [-0.2, 0) is 4.74 Å². The molecule has 2 aliphatic rings. The molecule has 0 spiro atoms. The zero-order chi connectivity index (χ0) is 24.2. The van der Waals surface area contributed by atoms with Crippen LogP contribution in [0.4, 0.5) is 4.79 Å². The van der Waals surface area contributed by atoms with Crippen LogP contribution in [-0.4, -0.2) is 60.7 Å². The standard InChI is InChI=1S/C24H31IN6O3/c1-14-22(16-10-20-26-13-19(25)30(20)21(11-16)33-5)27-28-31(14)17-8-9-29(18(12-17)15-6-7-15)23(32)34-24(2,3)4/h10-11,13,15,17-18H,6-9,12H2,1-5H3. The Kier molecular flexibility index (Phi) is 5.97. The second-order valence-electron chi connectivity index (χ2n) is 10.3. The normalized spacial score (nSPS) is 21.2. The van der Waals surface area contributed by atoms with E-state index in [0.29, 0.717) is 18.3 Å². The monoisotopic (exact) mass is 578 g/mol. The largest absolute Gasteiger partial charge is 0.482 e. The number of hydrogen-bond acceptors (Lipinski definition) is 6. The summed E-state index contributed by atoms with van der Waals surface area (Å²) in [6.07, 6.45) is 5.65. The van der Waals surface area contributed by atoms with Gasteiger partial charge < -0.3 is 14.4 Å². The van der Waals surface area contributed by atoms with Gasteiger partial charge in [0.05, 0.1) is 25.0 Å². The van der Waals surface area contributed by atoms with E-state index in [-0.39, 0.29) is 18.2 Å². The molecule has 5 rings (SSSR count). The molecular weight excluding hydrogens is 547 g/mol. The van der Waals surface area contributed by atoms with Gasteiger partial charge >= 0.3 is 6.09 Å². The zero-order valence-electron chi connectivity index (χ0n) is 20.3. The summed E-state index contributed by atoms with van der Waals surface area (Å²) in [5.74, 6) is 1.26. The van der Waals surface area contributed by atoms with Crippen LogP contribution in [0.25, 0.3) is 16.9 Å². The number of carbonyl (C=O) groups excluding carboxylic acids is 1. The van der Waals surface area contributed by atoms with E-state index in [1.807, 2.05) is 53.1 Å². The van der Waals surface area contributed by atoms with Crippen LogP contribution < -0.4 is 4.74 Å². The Hall–Kier alpha value is -2.37. The van der Waals surface area contributed by atoms with Gasteiger partial charge in [-0.2, -0.15) is 0 Å². The molecule has 0 N–H and O–H groups in total. The minimum Gasteiger partial charge on any atom is -0.482 e. The van der Waals surface area contributed by atoms with E-state index in [9.17, 15) is 4.79 Å². The molecule has 1 aliphatic heterocycles. The van der Waals surface area contributed by atoms with E-state index in [0.717, 1.165) is 39.1 Å². The third-order valence-corrected chi connectivity index (χ3v) is 7.46. The van der Waals surface area contributed by atoms with Crippen LogP contribution in [0.1, 0.15) is 58.2 Å². The Morgan fingerprint density at radius 2 is 1.97 bits per heavy atom. The van der Waals surface area contributed by atoms with Gasteiger partial charge in [0.15, 0.2) is 0 Å². The van der Waals surface area contributed by atoms with Gasteiger partial charge in [-0.15, -0.1) is 5.10 Å². The highest BCUT2D eigenvalue weighted by atomic mass is 127. The maximum atomic E-state index is 12.9. The van der Waals surface area contributed by atoms with Crippen molar-refractivity contribution < 1.29 is 14.3 Å². The molecule has 10 heteroatoms. The topological polar surface area (TPSA) is 86.8 Å². The van der Waals surface area contributed by atoms with Crippen LogP contribution in [0.3, 0.4) is 0 Å². The number of amides is 1. The summed E-state index contributed by atoms with van der Waals surface area (Å²) < 4.78 is 16.3. The van der Waals surface area contributed by atoms with Crippen molar-refractivity contribution in [2.45, 2.75) is 71.1 Å². The zero-order valence-corrected chi connectivity index (χ0v) is 22.4. The van der Waals surface area contributed by atoms with Crippen molar-refractivity contribution in [1.29, 1.82) is 0 Å². The molecule has 4 heterocycles.